The minimum absolute atomic E-state index is 0.00347. The molecule has 2 heteroatoms. The largest absolute Gasteiger partial charge is 0.213 e. The van der Waals surface area contributed by atoms with Gasteiger partial charge in [-0.05, 0) is 6.42 Å². The Balaban J connectivity index is 3.17. The Bertz CT molecular complexity index is 66.5. The van der Waals surface area contributed by atoms with Crippen LogP contribution in [0.4, 0.5) is 8.78 Å². The van der Waals surface area contributed by atoms with E-state index in [-0.39, 0.29) is 12.8 Å². The summed E-state index contributed by atoms with van der Waals surface area (Å²) >= 11 is 0. The second-order valence-electron chi connectivity index (χ2n) is 1.31. The van der Waals surface area contributed by atoms with Crippen LogP contribution >= 0.6 is 0 Å². The first-order chi connectivity index (χ1) is 3.31. The molecule has 0 heterocycles. The second kappa shape index (κ2) is 3.78. The monoisotopic (exact) mass is 106 g/mol. The molecule has 0 aliphatic rings. The van der Waals surface area contributed by atoms with Crippen molar-refractivity contribution in [3.8, 4) is 0 Å². The molecule has 42 valence electrons. The van der Waals surface area contributed by atoms with Crippen LogP contribution in [0.5, 0.6) is 0 Å². The molecule has 0 saturated carbocycles. The summed E-state index contributed by atoms with van der Waals surface area (Å²) in [6.45, 7) is 1.79. The summed E-state index contributed by atoms with van der Waals surface area (Å²) in [4.78, 5) is 0. The van der Waals surface area contributed by atoms with Gasteiger partial charge in [-0.3, -0.25) is 0 Å². The van der Waals surface area contributed by atoms with Crippen LogP contribution in [0, 0.1) is 0 Å². The van der Waals surface area contributed by atoms with Crippen LogP contribution in [0.1, 0.15) is 19.8 Å². The first-order valence-corrected chi connectivity index (χ1v) is 2.26. The van der Waals surface area contributed by atoms with Crippen LogP contribution in [0.3, 0.4) is 0 Å². The zero-order valence-corrected chi connectivity index (χ0v) is 4.25. The first-order valence-electron chi connectivity index (χ1n) is 2.26. The van der Waals surface area contributed by atoms with Gasteiger partial charge in [-0.25, -0.2) is 8.78 Å². The van der Waals surface area contributed by atoms with E-state index in [1.165, 1.54) is 0 Å². The van der Waals surface area contributed by atoms with Crippen molar-refractivity contribution in [3.05, 3.63) is 12.2 Å². The van der Waals surface area contributed by atoms with Crippen molar-refractivity contribution in [3.63, 3.8) is 0 Å². The fourth-order valence-corrected chi connectivity index (χ4v) is 0.293. The quantitative estimate of drug-likeness (QED) is 0.507. The molecule has 0 aromatic rings. The van der Waals surface area contributed by atoms with E-state index in [9.17, 15) is 8.78 Å². The number of allylic oxidation sites excluding steroid dienone is 1. The number of rotatable bonds is 2. The zero-order valence-electron chi connectivity index (χ0n) is 4.25. The summed E-state index contributed by atoms with van der Waals surface area (Å²) in [5.74, 6) is -0.664. The van der Waals surface area contributed by atoms with Crippen molar-refractivity contribution in [2.45, 2.75) is 19.8 Å². The molecule has 0 atom stereocenters. The Morgan fingerprint density at radius 3 is 2.43 bits per heavy atom. The smallest absolute Gasteiger partial charge is 0.128 e. The van der Waals surface area contributed by atoms with Gasteiger partial charge in [-0.2, -0.15) is 0 Å². The van der Waals surface area contributed by atoms with Crippen LogP contribution < -0.4 is 0 Å². The molecule has 7 heavy (non-hydrogen) atoms. The van der Waals surface area contributed by atoms with Gasteiger partial charge in [-0.1, -0.05) is 6.92 Å². The van der Waals surface area contributed by atoms with E-state index < -0.39 is 5.83 Å². The lowest BCUT2D eigenvalue weighted by atomic mass is 10.3. The van der Waals surface area contributed by atoms with E-state index in [0.717, 1.165) is 0 Å². The van der Waals surface area contributed by atoms with Crippen LogP contribution in [0.25, 0.3) is 0 Å². The van der Waals surface area contributed by atoms with Crippen LogP contribution in [-0.2, 0) is 0 Å². The molecule has 0 unspecified atom stereocenters. The number of halogens is 2. The maximum absolute atomic E-state index is 11.6. The Morgan fingerprint density at radius 2 is 2.29 bits per heavy atom. The van der Waals surface area contributed by atoms with E-state index in [0.29, 0.717) is 6.42 Å². The Hall–Kier alpha value is -0.400. The maximum Gasteiger partial charge on any atom is 0.128 e. The van der Waals surface area contributed by atoms with Crippen molar-refractivity contribution in [1.82, 2.24) is 0 Å². The first kappa shape index (κ1) is 6.60. The molecule has 0 radical (unpaired) electrons. The Kier molecular flexibility index (Phi) is 3.56. The molecule has 0 aliphatic heterocycles. The van der Waals surface area contributed by atoms with Gasteiger partial charge in [0.05, 0.1) is 0 Å². The summed E-state index contributed by atoms with van der Waals surface area (Å²) in [7, 11) is 0. The average molecular weight is 106 g/mol. The molecular weight excluding hydrogens is 98.1 g/mol. The van der Waals surface area contributed by atoms with Gasteiger partial charge in [0.15, 0.2) is 0 Å². The van der Waals surface area contributed by atoms with E-state index in [4.69, 9.17) is 0 Å². The summed E-state index contributed by atoms with van der Waals surface area (Å²) < 4.78 is 22.7. The van der Waals surface area contributed by atoms with Gasteiger partial charge in [0, 0.05) is 6.42 Å². The molecule has 0 aromatic heterocycles. The fraction of sp³-hybridized carbons (Fsp3) is 0.600. The van der Waals surface area contributed by atoms with Crippen LogP contribution in [0.2, 0.25) is 0 Å². The Morgan fingerprint density at radius 1 is 1.71 bits per heavy atom. The highest BCUT2D eigenvalue weighted by Gasteiger charge is 1.87. The maximum atomic E-state index is 11.6. The lowest BCUT2D eigenvalue weighted by molar-refractivity contribution is 0.543. The molecule has 0 bridgehead atoms. The molecule has 0 N–H and O–H groups in total. The van der Waals surface area contributed by atoms with E-state index >= 15 is 0 Å². The van der Waals surface area contributed by atoms with Gasteiger partial charge in [0.2, 0.25) is 0 Å². The standard InChI is InChI=1S/C5H8F2/c1-2-3-5(7)4-6/h4H,2-3H2,1H3/b5-4-. The molecule has 0 spiro atoms. The third-order valence-electron chi connectivity index (χ3n) is 0.607. The molecule has 0 aromatic carbocycles. The summed E-state index contributed by atoms with van der Waals surface area (Å²) in [6.07, 6.45) is 0.881. The normalized spacial score (nSPS) is 12.1. The highest BCUT2D eigenvalue weighted by molar-refractivity contribution is 4.82. The molecule has 0 aliphatic carbocycles. The summed E-state index contributed by atoms with van der Waals surface area (Å²) in [5, 5.41) is 0. The van der Waals surface area contributed by atoms with Gasteiger partial charge in [0.25, 0.3) is 0 Å². The van der Waals surface area contributed by atoms with Crippen LogP contribution in [0.15, 0.2) is 12.2 Å². The third kappa shape index (κ3) is 3.43. The molecule has 0 saturated heterocycles. The highest BCUT2D eigenvalue weighted by Crippen LogP contribution is 2.04. The summed E-state index contributed by atoms with van der Waals surface area (Å²) in [6, 6.07) is 0. The number of hydrogen-bond acceptors (Lipinski definition) is 0. The van der Waals surface area contributed by atoms with Gasteiger partial charge >= 0.3 is 0 Å². The molecule has 0 amide bonds. The predicted octanol–water partition coefficient (Wildman–Crippen LogP) is 2.57. The lowest BCUT2D eigenvalue weighted by Gasteiger charge is -1.84. The zero-order chi connectivity index (χ0) is 5.70. The van der Waals surface area contributed by atoms with Crippen molar-refractivity contribution < 1.29 is 8.78 Å². The molecule has 0 nitrogen and oxygen atoms in total. The number of hydrogen-bond donors (Lipinski definition) is 0. The van der Waals surface area contributed by atoms with Gasteiger partial charge in [0.1, 0.15) is 12.2 Å². The van der Waals surface area contributed by atoms with Crippen molar-refractivity contribution >= 4 is 0 Å². The van der Waals surface area contributed by atoms with E-state index in [1.54, 1.807) is 6.92 Å². The topological polar surface area (TPSA) is 0 Å². The van der Waals surface area contributed by atoms with Gasteiger partial charge < -0.3 is 0 Å². The third-order valence-corrected chi connectivity index (χ3v) is 0.607. The minimum Gasteiger partial charge on any atom is -0.213 e. The minimum atomic E-state index is -0.664. The molecular formula is C5H8F2. The van der Waals surface area contributed by atoms with E-state index in [2.05, 4.69) is 0 Å². The van der Waals surface area contributed by atoms with Gasteiger partial charge in [-0.15, -0.1) is 0 Å². The van der Waals surface area contributed by atoms with Crippen LogP contribution in [-0.4, -0.2) is 0 Å². The lowest BCUT2D eigenvalue weighted by Crippen LogP contribution is -1.67. The fourth-order valence-electron chi connectivity index (χ4n) is 0.293. The Labute approximate surface area is 41.8 Å². The summed E-state index contributed by atoms with van der Waals surface area (Å²) in [5.41, 5.74) is 0. The average Bonchev–Trinajstić information content (AvgIpc) is 1.68. The highest BCUT2D eigenvalue weighted by atomic mass is 19.2. The molecule has 0 fully saturated rings. The van der Waals surface area contributed by atoms with Crippen molar-refractivity contribution in [2.24, 2.45) is 0 Å². The van der Waals surface area contributed by atoms with Crippen molar-refractivity contribution in [1.29, 1.82) is 0 Å². The molecule has 0 rings (SSSR count). The SMILES string of the molecule is CCC/C(F)=C/F. The second-order valence-corrected chi connectivity index (χ2v) is 1.31. The van der Waals surface area contributed by atoms with Crippen molar-refractivity contribution in [2.75, 3.05) is 0 Å². The van der Waals surface area contributed by atoms with E-state index in [1.807, 2.05) is 0 Å². The predicted molar refractivity (Wildman–Crippen MR) is 25.2 cm³/mol.